The standard InChI is InChI=1S/C14H23N3O2S/c1-3-12-4-5-13(15)8-14(12)20(18,19)16-9-11-6-7-17(2)10-11/h4-5,8,11,16H,3,6-7,9-10,15H2,1-2H3. The Morgan fingerprint density at radius 1 is 1.45 bits per heavy atom. The van der Waals surface area contributed by atoms with Gasteiger partial charge in [-0.2, -0.15) is 0 Å². The third kappa shape index (κ3) is 3.50. The Morgan fingerprint density at radius 3 is 2.80 bits per heavy atom. The van der Waals surface area contributed by atoms with Crippen LogP contribution in [0.5, 0.6) is 0 Å². The number of anilines is 1. The zero-order chi connectivity index (χ0) is 14.8. The minimum atomic E-state index is -3.48. The number of sulfonamides is 1. The molecule has 3 N–H and O–H groups in total. The highest BCUT2D eigenvalue weighted by Crippen LogP contribution is 2.20. The van der Waals surface area contributed by atoms with Gasteiger partial charge in [-0.1, -0.05) is 13.0 Å². The molecule has 5 nitrogen and oxygen atoms in total. The molecule has 0 aromatic heterocycles. The lowest BCUT2D eigenvalue weighted by molar-refractivity contribution is 0.394. The first-order valence-electron chi connectivity index (χ1n) is 6.99. The van der Waals surface area contributed by atoms with Crippen LogP contribution in [-0.4, -0.2) is 40.0 Å². The number of rotatable bonds is 5. The lowest BCUT2D eigenvalue weighted by Gasteiger charge is -2.14. The summed E-state index contributed by atoms with van der Waals surface area (Å²) in [5.41, 5.74) is 6.99. The van der Waals surface area contributed by atoms with Crippen LogP contribution in [0.15, 0.2) is 23.1 Å². The Bertz CT molecular complexity index is 572. The van der Waals surface area contributed by atoms with Gasteiger partial charge in [0.15, 0.2) is 0 Å². The first-order valence-corrected chi connectivity index (χ1v) is 8.47. The van der Waals surface area contributed by atoms with Gasteiger partial charge in [-0.3, -0.25) is 0 Å². The minimum Gasteiger partial charge on any atom is -0.399 e. The number of hydrogen-bond donors (Lipinski definition) is 2. The summed E-state index contributed by atoms with van der Waals surface area (Å²) in [6.07, 6.45) is 1.71. The zero-order valence-corrected chi connectivity index (χ0v) is 12.9. The minimum absolute atomic E-state index is 0.311. The summed E-state index contributed by atoms with van der Waals surface area (Å²) in [7, 11) is -1.42. The summed E-state index contributed by atoms with van der Waals surface area (Å²) in [5, 5.41) is 0. The van der Waals surface area contributed by atoms with Crippen molar-refractivity contribution in [3.05, 3.63) is 23.8 Å². The van der Waals surface area contributed by atoms with E-state index in [9.17, 15) is 8.42 Å². The maximum absolute atomic E-state index is 12.4. The number of likely N-dealkylation sites (tertiary alicyclic amines) is 1. The molecule has 1 aliphatic heterocycles. The molecule has 2 rings (SSSR count). The molecule has 0 radical (unpaired) electrons. The van der Waals surface area contributed by atoms with E-state index in [2.05, 4.69) is 16.7 Å². The first-order chi connectivity index (χ1) is 9.42. The van der Waals surface area contributed by atoms with Gasteiger partial charge >= 0.3 is 0 Å². The van der Waals surface area contributed by atoms with Crippen molar-refractivity contribution in [1.29, 1.82) is 0 Å². The molecule has 0 bridgehead atoms. The molecule has 0 amide bonds. The molecule has 1 aliphatic rings. The third-order valence-electron chi connectivity index (χ3n) is 3.81. The van der Waals surface area contributed by atoms with Crippen molar-refractivity contribution in [3.8, 4) is 0 Å². The van der Waals surface area contributed by atoms with E-state index < -0.39 is 10.0 Å². The van der Waals surface area contributed by atoms with E-state index in [4.69, 9.17) is 5.73 Å². The molecular weight excluding hydrogens is 274 g/mol. The van der Waals surface area contributed by atoms with Gasteiger partial charge in [0.25, 0.3) is 0 Å². The predicted molar refractivity (Wildman–Crippen MR) is 81.0 cm³/mol. The van der Waals surface area contributed by atoms with E-state index in [0.717, 1.165) is 25.1 Å². The summed E-state index contributed by atoms with van der Waals surface area (Å²) in [6.45, 7) is 4.41. The Labute approximate surface area is 121 Å². The molecule has 0 saturated carbocycles. The SMILES string of the molecule is CCc1ccc(N)cc1S(=O)(=O)NCC1CCN(C)C1. The predicted octanol–water partition coefficient (Wildman–Crippen LogP) is 1.06. The molecule has 1 aromatic rings. The molecule has 20 heavy (non-hydrogen) atoms. The fraction of sp³-hybridized carbons (Fsp3) is 0.571. The lowest BCUT2D eigenvalue weighted by Crippen LogP contribution is -2.31. The molecule has 0 aliphatic carbocycles. The lowest BCUT2D eigenvalue weighted by atomic mass is 10.1. The Kier molecular flexibility index (Phi) is 4.67. The highest BCUT2D eigenvalue weighted by Gasteiger charge is 2.23. The molecule has 1 atom stereocenters. The van der Waals surface area contributed by atoms with E-state index >= 15 is 0 Å². The topological polar surface area (TPSA) is 75.4 Å². The number of nitrogens with zero attached hydrogens (tertiary/aromatic N) is 1. The summed E-state index contributed by atoms with van der Waals surface area (Å²) in [6, 6.07) is 5.07. The largest absolute Gasteiger partial charge is 0.399 e. The van der Waals surface area contributed by atoms with Crippen LogP contribution in [0.25, 0.3) is 0 Å². The molecule has 1 fully saturated rings. The van der Waals surface area contributed by atoms with Crippen LogP contribution in [0, 0.1) is 5.92 Å². The number of nitrogens with two attached hydrogens (primary N) is 1. The number of aryl methyl sites for hydroxylation is 1. The first kappa shape index (κ1) is 15.3. The molecule has 0 spiro atoms. The Hall–Kier alpha value is -1.11. The normalized spacial score (nSPS) is 20.4. The van der Waals surface area contributed by atoms with Crippen molar-refractivity contribution < 1.29 is 8.42 Å². The van der Waals surface area contributed by atoms with E-state index in [-0.39, 0.29) is 0 Å². The van der Waals surface area contributed by atoms with Crippen molar-refractivity contribution in [1.82, 2.24) is 9.62 Å². The fourth-order valence-corrected chi connectivity index (χ4v) is 4.07. The second-order valence-electron chi connectivity index (χ2n) is 5.49. The maximum atomic E-state index is 12.4. The third-order valence-corrected chi connectivity index (χ3v) is 5.32. The quantitative estimate of drug-likeness (QED) is 0.797. The summed E-state index contributed by atoms with van der Waals surface area (Å²) in [4.78, 5) is 2.53. The van der Waals surface area contributed by atoms with Crippen molar-refractivity contribution in [2.45, 2.75) is 24.7 Å². The molecule has 1 aromatic carbocycles. The monoisotopic (exact) mass is 297 g/mol. The maximum Gasteiger partial charge on any atom is 0.240 e. The number of nitrogens with one attached hydrogen (secondary N) is 1. The average Bonchev–Trinajstić information content (AvgIpc) is 2.82. The number of benzene rings is 1. The van der Waals surface area contributed by atoms with Gasteiger partial charge in [0.1, 0.15) is 0 Å². The van der Waals surface area contributed by atoms with Crippen molar-refractivity contribution >= 4 is 15.7 Å². The van der Waals surface area contributed by atoms with Gasteiger partial charge < -0.3 is 10.6 Å². The Morgan fingerprint density at radius 2 is 2.20 bits per heavy atom. The smallest absolute Gasteiger partial charge is 0.240 e. The molecule has 6 heteroatoms. The van der Waals surface area contributed by atoms with Crippen LogP contribution in [-0.2, 0) is 16.4 Å². The highest BCUT2D eigenvalue weighted by molar-refractivity contribution is 7.89. The average molecular weight is 297 g/mol. The number of nitrogen functional groups attached to an aromatic ring is 1. The van der Waals surface area contributed by atoms with Crippen LogP contribution in [0.1, 0.15) is 18.9 Å². The second-order valence-corrected chi connectivity index (χ2v) is 7.22. The number of hydrogen-bond acceptors (Lipinski definition) is 4. The van der Waals surface area contributed by atoms with Crippen molar-refractivity contribution in [2.75, 3.05) is 32.4 Å². The van der Waals surface area contributed by atoms with Gasteiger partial charge in [0.2, 0.25) is 10.0 Å². The second kappa shape index (κ2) is 6.11. The summed E-state index contributed by atoms with van der Waals surface area (Å²) in [5.74, 6) is 0.390. The molecule has 1 heterocycles. The van der Waals surface area contributed by atoms with Gasteiger partial charge in [-0.05, 0) is 50.0 Å². The highest BCUT2D eigenvalue weighted by atomic mass is 32.2. The Balaban J connectivity index is 2.12. The van der Waals surface area contributed by atoms with Crippen LogP contribution in [0.4, 0.5) is 5.69 Å². The van der Waals surface area contributed by atoms with E-state index in [1.165, 1.54) is 0 Å². The van der Waals surface area contributed by atoms with Crippen molar-refractivity contribution in [3.63, 3.8) is 0 Å². The van der Waals surface area contributed by atoms with Gasteiger partial charge in [0, 0.05) is 18.8 Å². The zero-order valence-electron chi connectivity index (χ0n) is 12.1. The molecular formula is C14H23N3O2S. The molecule has 1 unspecified atom stereocenters. The van der Waals surface area contributed by atoms with E-state index in [0.29, 0.717) is 29.5 Å². The molecule has 112 valence electrons. The summed E-state index contributed by atoms with van der Waals surface area (Å²) < 4.78 is 27.6. The van der Waals surface area contributed by atoms with Gasteiger partial charge in [-0.25, -0.2) is 13.1 Å². The van der Waals surface area contributed by atoms with E-state index in [1.807, 2.05) is 6.92 Å². The molecule has 1 saturated heterocycles. The fourth-order valence-electron chi connectivity index (χ4n) is 2.61. The van der Waals surface area contributed by atoms with Gasteiger partial charge in [-0.15, -0.1) is 0 Å². The van der Waals surface area contributed by atoms with Crippen LogP contribution >= 0.6 is 0 Å². The van der Waals surface area contributed by atoms with E-state index in [1.54, 1.807) is 18.2 Å². The summed E-state index contributed by atoms with van der Waals surface area (Å²) >= 11 is 0. The van der Waals surface area contributed by atoms with Crippen LogP contribution in [0.3, 0.4) is 0 Å². The van der Waals surface area contributed by atoms with Crippen LogP contribution < -0.4 is 10.5 Å². The van der Waals surface area contributed by atoms with Gasteiger partial charge in [0.05, 0.1) is 4.90 Å². The van der Waals surface area contributed by atoms with Crippen LogP contribution in [0.2, 0.25) is 0 Å². The van der Waals surface area contributed by atoms with Crippen molar-refractivity contribution in [2.24, 2.45) is 5.92 Å².